The summed E-state index contributed by atoms with van der Waals surface area (Å²) in [6, 6.07) is 0. The number of hydrogen-bond acceptors (Lipinski definition) is 3. The number of Topliss-reactive ketones (excluding diaryl/α,β-unsaturated/α-hetero) is 1. The first-order valence-corrected chi connectivity index (χ1v) is 8.17. The maximum atomic E-state index is 11.8. The van der Waals surface area contributed by atoms with E-state index in [4.69, 9.17) is 0 Å². The first-order chi connectivity index (χ1) is 7.40. The van der Waals surface area contributed by atoms with Crippen LogP contribution in [0.4, 0.5) is 0 Å². The summed E-state index contributed by atoms with van der Waals surface area (Å²) >= 11 is 0. The van der Waals surface area contributed by atoms with Gasteiger partial charge in [0.05, 0.1) is 5.75 Å². The molecule has 1 unspecified atom stereocenters. The monoisotopic (exact) mass is 248 g/mol. The summed E-state index contributed by atoms with van der Waals surface area (Å²) in [5.74, 6) is 0.502. The Morgan fingerprint density at radius 1 is 1.19 bits per heavy atom. The highest BCUT2D eigenvalue weighted by Crippen LogP contribution is 2.16. The van der Waals surface area contributed by atoms with Crippen molar-refractivity contribution >= 4 is 15.6 Å². The second-order valence-electron chi connectivity index (χ2n) is 4.45. The van der Waals surface area contributed by atoms with Gasteiger partial charge in [0.15, 0.2) is 0 Å². The number of carbonyl (C=O) groups is 1. The van der Waals surface area contributed by atoms with Gasteiger partial charge in [-0.15, -0.1) is 0 Å². The van der Waals surface area contributed by atoms with Crippen molar-refractivity contribution in [2.24, 2.45) is 5.92 Å². The van der Waals surface area contributed by atoms with E-state index >= 15 is 0 Å². The van der Waals surface area contributed by atoms with E-state index in [2.05, 4.69) is 6.92 Å². The van der Waals surface area contributed by atoms with Crippen LogP contribution in [0, 0.1) is 5.92 Å². The van der Waals surface area contributed by atoms with Crippen LogP contribution in [0.2, 0.25) is 0 Å². The highest BCUT2D eigenvalue weighted by Gasteiger charge is 2.15. The molecule has 0 fully saturated rings. The Morgan fingerprint density at radius 3 is 2.25 bits per heavy atom. The molecule has 0 aliphatic heterocycles. The van der Waals surface area contributed by atoms with E-state index in [1.807, 2.05) is 6.92 Å². The first-order valence-electron chi connectivity index (χ1n) is 6.11. The van der Waals surface area contributed by atoms with Gasteiger partial charge in [0.2, 0.25) is 0 Å². The molecule has 0 aliphatic carbocycles. The minimum atomic E-state index is -2.92. The summed E-state index contributed by atoms with van der Waals surface area (Å²) in [5.41, 5.74) is 0. The van der Waals surface area contributed by atoms with Gasteiger partial charge in [-0.1, -0.05) is 26.7 Å². The molecule has 0 aromatic rings. The van der Waals surface area contributed by atoms with Crippen molar-refractivity contribution in [2.75, 3.05) is 12.0 Å². The number of unbranched alkanes of at least 4 members (excludes halogenated alkanes) is 1. The molecule has 3 nitrogen and oxygen atoms in total. The summed E-state index contributed by atoms with van der Waals surface area (Å²) in [6.07, 6.45) is 6.10. The third kappa shape index (κ3) is 7.85. The van der Waals surface area contributed by atoms with Crippen LogP contribution < -0.4 is 0 Å². The van der Waals surface area contributed by atoms with E-state index in [1.165, 1.54) is 6.26 Å². The van der Waals surface area contributed by atoms with Crippen molar-refractivity contribution in [2.45, 2.75) is 52.4 Å². The molecular formula is C12H24O3S. The molecule has 4 heteroatoms. The number of rotatable bonds is 9. The topological polar surface area (TPSA) is 51.2 Å². The third-order valence-corrected chi connectivity index (χ3v) is 3.82. The first kappa shape index (κ1) is 15.6. The van der Waals surface area contributed by atoms with Crippen LogP contribution in [0.25, 0.3) is 0 Å². The molecule has 0 bridgehead atoms. The van der Waals surface area contributed by atoms with Gasteiger partial charge in [0.25, 0.3) is 0 Å². The van der Waals surface area contributed by atoms with Crippen molar-refractivity contribution < 1.29 is 13.2 Å². The molecule has 0 aromatic carbocycles. The Kier molecular flexibility index (Phi) is 7.64. The maximum absolute atomic E-state index is 11.8. The van der Waals surface area contributed by atoms with E-state index in [0.717, 1.165) is 25.7 Å². The van der Waals surface area contributed by atoms with Crippen LogP contribution in [0.1, 0.15) is 52.4 Å². The van der Waals surface area contributed by atoms with Gasteiger partial charge < -0.3 is 0 Å². The number of ketones is 1. The molecule has 0 saturated heterocycles. The molecule has 0 aliphatic rings. The zero-order valence-electron chi connectivity index (χ0n) is 10.7. The second kappa shape index (κ2) is 7.82. The molecule has 0 N–H and O–H groups in total. The predicted octanol–water partition coefficient (Wildman–Crippen LogP) is 2.60. The van der Waals surface area contributed by atoms with Gasteiger partial charge in [0.1, 0.15) is 15.6 Å². The van der Waals surface area contributed by atoms with Crippen molar-refractivity contribution in [3.63, 3.8) is 0 Å². The maximum Gasteiger partial charge on any atom is 0.147 e. The third-order valence-electron chi connectivity index (χ3n) is 2.79. The molecule has 0 rings (SSSR count). The summed E-state index contributed by atoms with van der Waals surface area (Å²) in [6.45, 7) is 4.13. The van der Waals surface area contributed by atoms with Gasteiger partial charge in [-0.3, -0.25) is 4.79 Å². The van der Waals surface area contributed by atoms with Crippen molar-refractivity contribution in [1.82, 2.24) is 0 Å². The smallest absolute Gasteiger partial charge is 0.147 e. The summed E-state index contributed by atoms with van der Waals surface area (Å²) in [5, 5.41) is 0. The lowest BCUT2D eigenvalue weighted by molar-refractivity contribution is -0.123. The van der Waals surface area contributed by atoms with Crippen LogP contribution >= 0.6 is 0 Å². The average molecular weight is 248 g/mol. The zero-order valence-corrected chi connectivity index (χ0v) is 11.5. The highest BCUT2D eigenvalue weighted by atomic mass is 32.2. The van der Waals surface area contributed by atoms with Crippen LogP contribution in [0.3, 0.4) is 0 Å². The molecular weight excluding hydrogens is 224 g/mol. The Morgan fingerprint density at radius 2 is 1.81 bits per heavy atom. The van der Waals surface area contributed by atoms with E-state index in [1.54, 1.807) is 0 Å². The number of carbonyl (C=O) groups excluding carboxylic acids is 1. The van der Waals surface area contributed by atoms with E-state index in [0.29, 0.717) is 12.8 Å². The Balaban J connectivity index is 3.93. The number of sulfone groups is 1. The minimum Gasteiger partial charge on any atom is -0.299 e. The van der Waals surface area contributed by atoms with Gasteiger partial charge in [0, 0.05) is 18.6 Å². The van der Waals surface area contributed by atoms with Crippen molar-refractivity contribution in [1.29, 1.82) is 0 Å². The highest BCUT2D eigenvalue weighted by molar-refractivity contribution is 7.90. The SMILES string of the molecule is CCCCC(CC)C(=O)CCCS(C)(=O)=O. The zero-order chi connectivity index (χ0) is 12.6. The fraction of sp³-hybridized carbons (Fsp3) is 0.917. The van der Waals surface area contributed by atoms with E-state index < -0.39 is 9.84 Å². The molecule has 0 radical (unpaired) electrons. The molecule has 0 aromatic heterocycles. The van der Waals surface area contributed by atoms with Gasteiger partial charge in [-0.25, -0.2) is 8.42 Å². The molecule has 16 heavy (non-hydrogen) atoms. The van der Waals surface area contributed by atoms with E-state index in [-0.39, 0.29) is 17.5 Å². The molecule has 96 valence electrons. The minimum absolute atomic E-state index is 0.128. The predicted molar refractivity (Wildman–Crippen MR) is 67.3 cm³/mol. The quantitative estimate of drug-likeness (QED) is 0.630. The van der Waals surface area contributed by atoms with E-state index in [9.17, 15) is 13.2 Å². The Labute approximate surface area is 99.5 Å². The van der Waals surface area contributed by atoms with Crippen molar-refractivity contribution in [3.05, 3.63) is 0 Å². The summed E-state index contributed by atoms with van der Waals surface area (Å²) in [7, 11) is -2.92. The molecule has 0 spiro atoms. The lowest BCUT2D eigenvalue weighted by atomic mass is 9.92. The Bertz CT molecular complexity index is 293. The molecule has 0 heterocycles. The number of hydrogen-bond donors (Lipinski definition) is 0. The van der Waals surface area contributed by atoms with Crippen molar-refractivity contribution in [3.8, 4) is 0 Å². The molecule has 1 atom stereocenters. The van der Waals surface area contributed by atoms with Crippen LogP contribution in [-0.2, 0) is 14.6 Å². The standard InChI is InChI=1S/C12H24O3S/c1-4-6-8-11(5-2)12(13)9-7-10-16(3,14)15/h11H,4-10H2,1-3H3. The summed E-state index contributed by atoms with van der Waals surface area (Å²) < 4.78 is 21.8. The van der Waals surface area contributed by atoms with Crippen LogP contribution in [0.5, 0.6) is 0 Å². The summed E-state index contributed by atoms with van der Waals surface area (Å²) in [4.78, 5) is 11.8. The van der Waals surface area contributed by atoms with Crippen LogP contribution in [-0.4, -0.2) is 26.2 Å². The normalized spacial score (nSPS) is 13.7. The second-order valence-corrected chi connectivity index (χ2v) is 6.71. The van der Waals surface area contributed by atoms with Crippen LogP contribution in [0.15, 0.2) is 0 Å². The molecule has 0 amide bonds. The van der Waals surface area contributed by atoms with Gasteiger partial charge in [-0.2, -0.15) is 0 Å². The lowest BCUT2D eigenvalue weighted by Gasteiger charge is -2.12. The Hall–Kier alpha value is -0.380. The largest absolute Gasteiger partial charge is 0.299 e. The van der Waals surface area contributed by atoms with Gasteiger partial charge in [-0.05, 0) is 19.3 Å². The molecule has 0 saturated carbocycles. The lowest BCUT2D eigenvalue weighted by Crippen LogP contribution is -2.15. The average Bonchev–Trinajstić information content (AvgIpc) is 2.17. The fourth-order valence-electron chi connectivity index (χ4n) is 1.76. The fourth-order valence-corrected chi connectivity index (χ4v) is 2.42. The van der Waals surface area contributed by atoms with Gasteiger partial charge >= 0.3 is 0 Å².